The highest BCUT2D eigenvalue weighted by Crippen LogP contribution is 2.37. The van der Waals surface area contributed by atoms with Crippen LogP contribution in [-0.2, 0) is 36.6 Å². The standard InChI is InChI=1S/C13H19NO2.C11H21NOSSi.C7H13FO.C7H13NO2.ClH/c1-10(13(15)16-2)8-12(14)9-11-6-4-3-5-7-11;1-9-12-10(8-14-9)7-13-15(5,6)11(2,3)4;1-4-5(2)6(3)7(8)9;1-8-5-3-2-4-6(8)7(9)10;/h3-7,10,12H,8-9,14H2,1-2H3;8H,7H2,1-6H3;5-6H,4H2,1-3H3;6H,2-5H2,1H3,(H,9,10);1H/t10-,12+;;5-,6-;6-;/m0.01./s1. The van der Waals surface area contributed by atoms with Gasteiger partial charge in [-0.2, -0.15) is 4.39 Å². The molecule has 2 aromatic rings. The first-order chi connectivity index (χ1) is 23.2. The van der Waals surface area contributed by atoms with Gasteiger partial charge in [-0.25, -0.2) is 4.98 Å². The van der Waals surface area contributed by atoms with Crippen molar-refractivity contribution in [3.05, 3.63) is 52.0 Å². The van der Waals surface area contributed by atoms with Gasteiger partial charge in [-0.05, 0) is 63.0 Å². The van der Waals surface area contributed by atoms with Gasteiger partial charge in [0.1, 0.15) is 6.04 Å². The Kier molecular flexibility index (Phi) is 25.6. The zero-order valence-electron chi connectivity index (χ0n) is 33.3. The van der Waals surface area contributed by atoms with Crippen LogP contribution >= 0.6 is 11.3 Å². The number of carboxylic acid groups (broad SMARTS) is 1. The number of benzene rings is 1. The number of aliphatic carboxylic acids is 1. The van der Waals surface area contributed by atoms with Crippen LogP contribution in [0.5, 0.6) is 0 Å². The lowest BCUT2D eigenvalue weighted by atomic mass is 9.94. The zero-order valence-corrected chi connectivity index (χ0v) is 35.8. The van der Waals surface area contributed by atoms with E-state index in [1.165, 1.54) is 12.7 Å². The maximum absolute atomic E-state index is 11.9. The second-order valence-corrected chi connectivity index (χ2v) is 20.8. The average molecular weight is 777 g/mol. The summed E-state index contributed by atoms with van der Waals surface area (Å²) < 4.78 is 22.7. The van der Waals surface area contributed by atoms with Gasteiger partial charge in [0.15, 0.2) is 8.32 Å². The molecule has 294 valence electrons. The molecule has 4 N–H and O–H groups in total. The molecule has 0 spiro atoms. The summed E-state index contributed by atoms with van der Waals surface area (Å²) in [5.74, 6) is -1.15. The number of likely N-dealkylation sites (tertiary alicyclic amines) is 1. The van der Waals surface area contributed by atoms with Crippen LogP contribution in [0.1, 0.15) is 96.8 Å². The third-order valence-electron chi connectivity index (χ3n) is 9.62. The molecule has 1 aromatic heterocycles. The van der Waals surface area contributed by atoms with Crippen molar-refractivity contribution in [2.75, 3.05) is 20.7 Å². The monoisotopic (exact) mass is 775 g/mol. The molecule has 1 saturated heterocycles. The molecule has 0 radical (unpaired) electrons. The number of nitrogens with zero attached hydrogens (tertiary/aromatic N) is 2. The van der Waals surface area contributed by atoms with Crippen LogP contribution in [0.2, 0.25) is 18.1 Å². The number of carboxylic acids is 1. The molecule has 5 atom stereocenters. The topological polar surface area (TPSA) is 134 Å². The summed E-state index contributed by atoms with van der Waals surface area (Å²) in [6.07, 6.45) is 5.54. The Hall–Kier alpha value is -2.22. The summed E-state index contributed by atoms with van der Waals surface area (Å²) >= 11 is 1.69. The first-order valence-corrected chi connectivity index (χ1v) is 21.6. The lowest BCUT2D eigenvalue weighted by Crippen LogP contribution is -3.00. The maximum atomic E-state index is 11.9. The molecule has 1 aliphatic rings. The number of hydrogen-bond donors (Lipinski definition) is 2. The number of quaternary nitrogens is 1. The second kappa shape index (κ2) is 25.7. The van der Waals surface area contributed by atoms with E-state index >= 15 is 0 Å². The number of halogens is 2. The fourth-order valence-corrected chi connectivity index (χ4v) is 6.28. The Morgan fingerprint density at radius 1 is 1.14 bits per heavy atom. The van der Waals surface area contributed by atoms with Crippen molar-refractivity contribution in [1.29, 1.82) is 0 Å². The average Bonchev–Trinajstić information content (AvgIpc) is 3.48. The second-order valence-electron chi connectivity index (χ2n) is 14.9. The summed E-state index contributed by atoms with van der Waals surface area (Å²) in [5.41, 5.74) is 6.42. The number of hydrogen-bond acceptors (Lipinski definition) is 8. The number of likely N-dealkylation sites (N-methyl/N-ethyl adjacent to an activating group) is 1. The Labute approximate surface area is 318 Å². The van der Waals surface area contributed by atoms with Crippen molar-refractivity contribution in [2.24, 2.45) is 17.8 Å². The minimum Gasteiger partial charge on any atom is -1.00 e. The van der Waals surface area contributed by atoms with Gasteiger partial charge in [0.25, 0.3) is 0 Å². The van der Waals surface area contributed by atoms with Crippen molar-refractivity contribution >= 4 is 37.6 Å². The summed E-state index contributed by atoms with van der Waals surface area (Å²) in [6, 6.07) is 9.03. The van der Waals surface area contributed by atoms with Crippen molar-refractivity contribution in [3.63, 3.8) is 0 Å². The van der Waals surface area contributed by atoms with Crippen LogP contribution in [0.3, 0.4) is 0 Å². The molecule has 0 aliphatic carbocycles. The first kappa shape index (κ1) is 50.9. The highest BCUT2D eigenvalue weighted by Gasteiger charge is 2.37. The largest absolute Gasteiger partial charge is 1.00 e. The number of thiazole rings is 1. The molecule has 0 amide bonds. The molecular formula is C38H67ClFN3O6SSi. The molecule has 3 rings (SSSR count). The Balaban J connectivity index is 0. The van der Waals surface area contributed by atoms with Gasteiger partial charge in [-0.15, -0.1) is 11.3 Å². The van der Waals surface area contributed by atoms with E-state index in [4.69, 9.17) is 14.3 Å². The molecule has 9 nitrogen and oxygen atoms in total. The smallest absolute Gasteiger partial charge is 0.320 e. The quantitative estimate of drug-likeness (QED) is 0.180. The van der Waals surface area contributed by atoms with Gasteiger partial charge in [0, 0.05) is 24.1 Å². The number of carbonyl (C=O) groups is 3. The van der Waals surface area contributed by atoms with Crippen molar-refractivity contribution in [1.82, 2.24) is 9.88 Å². The van der Waals surface area contributed by atoms with E-state index in [-0.39, 0.29) is 47.3 Å². The number of carbonyl (C=O) groups excluding carboxylic acids is 2. The number of ether oxygens (including phenoxy) is 1. The van der Waals surface area contributed by atoms with Gasteiger partial charge in [0.2, 0.25) is 0 Å². The van der Waals surface area contributed by atoms with E-state index in [1.807, 2.05) is 57.8 Å². The third kappa shape index (κ3) is 21.2. The van der Waals surface area contributed by atoms with Crippen molar-refractivity contribution in [2.45, 2.75) is 131 Å². The molecule has 1 aromatic carbocycles. The molecule has 1 fully saturated rings. The van der Waals surface area contributed by atoms with E-state index < -0.39 is 26.2 Å². The van der Waals surface area contributed by atoms with Crippen LogP contribution in [0, 0.1) is 24.7 Å². The summed E-state index contributed by atoms with van der Waals surface area (Å²) in [5, 5.41) is 12.1. The lowest BCUT2D eigenvalue weighted by molar-refractivity contribution is -0.422. The van der Waals surface area contributed by atoms with Crippen LogP contribution < -0.4 is 18.1 Å². The van der Waals surface area contributed by atoms with Gasteiger partial charge in [-0.1, -0.05) is 91.6 Å². The molecule has 2 heterocycles. The van der Waals surface area contributed by atoms with E-state index in [1.54, 1.807) is 18.3 Å². The minimum absolute atomic E-state index is 0. The molecule has 51 heavy (non-hydrogen) atoms. The highest BCUT2D eigenvalue weighted by atomic mass is 35.5. The predicted octanol–water partition coefficient (Wildman–Crippen LogP) is 4.74. The van der Waals surface area contributed by atoms with Gasteiger partial charge in [0.05, 0.1) is 36.4 Å². The summed E-state index contributed by atoms with van der Waals surface area (Å²) in [7, 11) is 1.68. The summed E-state index contributed by atoms with van der Waals surface area (Å²) in [6.45, 7) is 22.3. The SMILES string of the molecule is CC[C@H](C)[C@H](C)C(=O)F.CN1CCCC[C@@H]1C(=O)O.COC(=O)[C@@H](C)C[C@@H]([NH3+])Cc1ccccc1.Cc1nc(CO[Si](C)(C)C(C)(C)C)cs1.[Cl-]. The molecule has 1 aliphatic heterocycles. The fourth-order valence-electron chi connectivity index (χ4n) is 4.74. The van der Waals surface area contributed by atoms with Crippen LogP contribution in [-0.4, -0.2) is 74.1 Å². The Morgan fingerprint density at radius 3 is 2.12 bits per heavy atom. The number of esters is 1. The maximum Gasteiger partial charge on any atom is 0.320 e. The molecule has 0 bridgehead atoms. The fraction of sp³-hybridized carbons (Fsp3) is 0.684. The van der Waals surface area contributed by atoms with E-state index in [0.717, 1.165) is 55.8 Å². The molecule has 0 saturated carbocycles. The van der Waals surface area contributed by atoms with Gasteiger partial charge >= 0.3 is 18.0 Å². The van der Waals surface area contributed by atoms with Gasteiger partial charge in [-0.3, -0.25) is 19.3 Å². The minimum atomic E-state index is -1.61. The van der Waals surface area contributed by atoms with Crippen LogP contribution in [0.15, 0.2) is 35.7 Å². The van der Waals surface area contributed by atoms with E-state index in [2.05, 4.69) is 62.1 Å². The molecular weight excluding hydrogens is 709 g/mol. The number of aryl methyl sites for hydroxylation is 1. The Morgan fingerprint density at radius 2 is 1.73 bits per heavy atom. The number of aromatic nitrogens is 1. The summed E-state index contributed by atoms with van der Waals surface area (Å²) in [4.78, 5) is 38.2. The normalized spacial score (nSPS) is 16.9. The Bertz CT molecular complexity index is 1260. The number of piperidine rings is 1. The number of methoxy groups -OCH3 is 1. The van der Waals surface area contributed by atoms with E-state index in [9.17, 15) is 18.8 Å². The third-order valence-corrected chi connectivity index (χ3v) is 14.9. The molecule has 0 unspecified atom stereocenters. The van der Waals surface area contributed by atoms with Crippen LogP contribution in [0.25, 0.3) is 0 Å². The number of rotatable bonds is 12. The molecule has 13 heteroatoms. The van der Waals surface area contributed by atoms with Crippen molar-refractivity contribution < 1.29 is 51.2 Å². The van der Waals surface area contributed by atoms with Crippen LogP contribution in [0.4, 0.5) is 4.39 Å². The highest BCUT2D eigenvalue weighted by molar-refractivity contribution is 7.09. The predicted molar refractivity (Wildman–Crippen MR) is 204 cm³/mol. The first-order valence-electron chi connectivity index (χ1n) is 17.8. The lowest BCUT2D eigenvalue weighted by Gasteiger charge is -2.35. The van der Waals surface area contributed by atoms with Crippen molar-refractivity contribution in [3.8, 4) is 0 Å². The van der Waals surface area contributed by atoms with Gasteiger partial charge < -0.3 is 32.4 Å². The van der Waals surface area contributed by atoms with E-state index in [0.29, 0.717) is 6.61 Å². The zero-order chi connectivity index (χ0) is 38.7.